The Kier molecular flexibility index (Phi) is 4.00. The molecule has 0 rings (SSSR count). The van der Waals surface area contributed by atoms with Crippen molar-refractivity contribution in [3.8, 4) is 0 Å². The van der Waals surface area contributed by atoms with Crippen molar-refractivity contribution >= 4 is 5.91 Å². The Bertz CT molecular complexity index is 94.2. The molecule has 0 saturated carbocycles. The fraction of sp³-hybridized carbons (Fsp3) is 0.800. The van der Waals surface area contributed by atoms with Gasteiger partial charge in [-0.3, -0.25) is 9.63 Å². The maximum atomic E-state index is 10.6. The highest BCUT2D eigenvalue weighted by Gasteiger charge is 2.04. The zero-order chi connectivity index (χ0) is 7.28. The van der Waals surface area contributed by atoms with Gasteiger partial charge in [0, 0.05) is 7.05 Å². The molecule has 0 aliphatic carbocycles. The molecule has 0 radical (unpaired) electrons. The largest absolute Gasteiger partial charge is 0.396 e. The average molecular weight is 133 g/mol. The van der Waals surface area contributed by atoms with Crippen LogP contribution in [0.3, 0.4) is 0 Å². The maximum absolute atomic E-state index is 10.6. The van der Waals surface area contributed by atoms with Crippen LogP contribution in [-0.2, 0) is 9.63 Å². The quantitative estimate of drug-likeness (QED) is 0.522. The highest BCUT2D eigenvalue weighted by molar-refractivity contribution is 5.74. The first kappa shape index (κ1) is 8.39. The molecule has 0 unspecified atom stereocenters. The predicted octanol–water partition coefficient (Wildman–Crippen LogP) is -0.611. The molecule has 4 heteroatoms. The molecule has 0 aromatic carbocycles. The minimum absolute atomic E-state index is 0.115. The first-order valence-corrected chi connectivity index (χ1v) is 2.64. The molecule has 0 aromatic rings. The minimum Gasteiger partial charge on any atom is -0.396 e. The van der Waals surface area contributed by atoms with Crippen LogP contribution < -0.4 is 0 Å². The van der Waals surface area contributed by atoms with E-state index in [0.717, 1.165) is 5.06 Å². The molecular formula is C5H11NO3. The number of rotatable bonds is 3. The van der Waals surface area contributed by atoms with Gasteiger partial charge in [0.15, 0.2) is 0 Å². The van der Waals surface area contributed by atoms with Crippen molar-refractivity contribution in [2.45, 2.75) is 6.42 Å². The highest BCUT2D eigenvalue weighted by atomic mass is 16.7. The van der Waals surface area contributed by atoms with E-state index in [2.05, 4.69) is 4.84 Å². The van der Waals surface area contributed by atoms with Gasteiger partial charge in [-0.15, -0.1) is 0 Å². The molecule has 0 heterocycles. The van der Waals surface area contributed by atoms with Crippen molar-refractivity contribution in [3.05, 3.63) is 0 Å². The van der Waals surface area contributed by atoms with Gasteiger partial charge in [0.25, 0.3) is 0 Å². The zero-order valence-corrected chi connectivity index (χ0v) is 5.63. The summed E-state index contributed by atoms with van der Waals surface area (Å²) in [4.78, 5) is 15.2. The second-order valence-corrected chi connectivity index (χ2v) is 1.55. The van der Waals surface area contributed by atoms with Gasteiger partial charge >= 0.3 is 0 Å². The highest BCUT2D eigenvalue weighted by Crippen LogP contribution is 1.87. The number of hydrogen-bond donors (Lipinski definition) is 1. The molecular weight excluding hydrogens is 122 g/mol. The van der Waals surface area contributed by atoms with Gasteiger partial charge in [-0.1, -0.05) is 0 Å². The third-order valence-corrected chi connectivity index (χ3v) is 0.951. The topological polar surface area (TPSA) is 49.8 Å². The molecule has 9 heavy (non-hydrogen) atoms. The summed E-state index contributed by atoms with van der Waals surface area (Å²) in [6, 6.07) is 0. The Morgan fingerprint density at radius 2 is 2.33 bits per heavy atom. The minimum atomic E-state index is -0.222. The lowest BCUT2D eigenvalue weighted by atomic mass is 10.4. The number of hydrogen-bond acceptors (Lipinski definition) is 3. The van der Waals surface area contributed by atoms with Crippen molar-refractivity contribution in [1.29, 1.82) is 0 Å². The van der Waals surface area contributed by atoms with Gasteiger partial charge in [-0.2, -0.15) is 0 Å². The van der Waals surface area contributed by atoms with Crippen molar-refractivity contribution in [1.82, 2.24) is 5.06 Å². The van der Waals surface area contributed by atoms with Gasteiger partial charge in [0.1, 0.15) is 0 Å². The molecule has 0 atom stereocenters. The van der Waals surface area contributed by atoms with Gasteiger partial charge in [0.2, 0.25) is 5.91 Å². The second kappa shape index (κ2) is 4.29. The third kappa shape index (κ3) is 3.05. The number of aliphatic hydroxyl groups excluding tert-OH is 1. The molecule has 0 aromatic heterocycles. The molecule has 0 aliphatic rings. The van der Waals surface area contributed by atoms with Crippen LogP contribution >= 0.6 is 0 Å². The first-order chi connectivity index (χ1) is 4.22. The van der Waals surface area contributed by atoms with Crippen LogP contribution in [0, 0.1) is 0 Å². The number of carbonyl (C=O) groups is 1. The van der Waals surface area contributed by atoms with Crippen LogP contribution in [0.25, 0.3) is 0 Å². The average Bonchev–Trinajstić information content (AvgIpc) is 1.87. The Hall–Kier alpha value is -0.610. The van der Waals surface area contributed by atoms with Crippen LogP contribution in [0.1, 0.15) is 6.42 Å². The molecule has 54 valence electrons. The van der Waals surface area contributed by atoms with Crippen LogP contribution in [0.4, 0.5) is 0 Å². The summed E-state index contributed by atoms with van der Waals surface area (Å²) >= 11 is 0. The van der Waals surface area contributed by atoms with Gasteiger partial charge in [0.05, 0.1) is 20.1 Å². The van der Waals surface area contributed by atoms with Crippen LogP contribution in [0.5, 0.6) is 0 Å². The van der Waals surface area contributed by atoms with E-state index in [4.69, 9.17) is 5.11 Å². The SMILES string of the molecule is CON(C)C(=O)CCO. The summed E-state index contributed by atoms with van der Waals surface area (Å²) in [5.74, 6) is -0.222. The van der Waals surface area contributed by atoms with E-state index in [9.17, 15) is 4.79 Å². The molecule has 0 saturated heterocycles. The van der Waals surface area contributed by atoms with Crippen molar-refractivity contribution in [3.63, 3.8) is 0 Å². The lowest BCUT2D eigenvalue weighted by molar-refractivity contribution is -0.169. The monoisotopic (exact) mass is 133 g/mol. The summed E-state index contributed by atoms with van der Waals surface area (Å²) in [7, 11) is 2.90. The summed E-state index contributed by atoms with van der Waals surface area (Å²) in [6.45, 7) is -0.132. The Labute approximate surface area is 54.0 Å². The van der Waals surface area contributed by atoms with E-state index in [0.29, 0.717) is 0 Å². The summed E-state index contributed by atoms with van der Waals surface area (Å²) in [5, 5.41) is 9.36. The van der Waals surface area contributed by atoms with E-state index >= 15 is 0 Å². The number of nitrogens with zero attached hydrogens (tertiary/aromatic N) is 1. The lowest BCUT2D eigenvalue weighted by Crippen LogP contribution is -2.25. The van der Waals surface area contributed by atoms with E-state index in [1.54, 1.807) is 0 Å². The van der Waals surface area contributed by atoms with Crippen LogP contribution in [0.2, 0.25) is 0 Å². The van der Waals surface area contributed by atoms with Crippen LogP contribution in [-0.4, -0.2) is 36.8 Å². The molecule has 0 spiro atoms. The molecule has 1 N–H and O–H groups in total. The first-order valence-electron chi connectivity index (χ1n) is 2.64. The standard InChI is InChI=1S/C5H11NO3/c1-6(9-2)5(8)3-4-7/h7H,3-4H2,1-2H3. The fourth-order valence-corrected chi connectivity index (χ4v) is 0.355. The zero-order valence-electron chi connectivity index (χ0n) is 5.63. The Morgan fingerprint density at radius 3 is 2.67 bits per heavy atom. The summed E-state index contributed by atoms with van der Waals surface area (Å²) in [6.07, 6.45) is 0.115. The normalized spacial score (nSPS) is 9.22. The van der Waals surface area contributed by atoms with Crippen LogP contribution in [0.15, 0.2) is 0 Å². The van der Waals surface area contributed by atoms with E-state index in [1.165, 1.54) is 14.2 Å². The lowest BCUT2D eigenvalue weighted by Gasteiger charge is -2.11. The Balaban J connectivity index is 3.46. The summed E-state index contributed by atoms with van der Waals surface area (Å²) in [5.41, 5.74) is 0. The third-order valence-electron chi connectivity index (χ3n) is 0.951. The molecule has 0 aliphatic heterocycles. The Morgan fingerprint density at radius 1 is 1.78 bits per heavy atom. The van der Waals surface area contributed by atoms with Gasteiger partial charge < -0.3 is 5.11 Å². The number of amides is 1. The van der Waals surface area contributed by atoms with E-state index in [-0.39, 0.29) is 18.9 Å². The van der Waals surface area contributed by atoms with Crippen molar-refractivity contribution in [2.75, 3.05) is 20.8 Å². The number of carbonyl (C=O) groups excluding carboxylic acids is 1. The second-order valence-electron chi connectivity index (χ2n) is 1.55. The van der Waals surface area contributed by atoms with Crippen molar-refractivity contribution < 1.29 is 14.7 Å². The maximum Gasteiger partial charge on any atom is 0.248 e. The molecule has 0 bridgehead atoms. The number of hydroxylamine groups is 2. The molecule has 4 nitrogen and oxygen atoms in total. The van der Waals surface area contributed by atoms with E-state index < -0.39 is 0 Å². The summed E-state index contributed by atoms with van der Waals surface area (Å²) < 4.78 is 0. The number of aliphatic hydroxyl groups is 1. The molecule has 1 amide bonds. The van der Waals surface area contributed by atoms with Gasteiger partial charge in [-0.05, 0) is 0 Å². The van der Waals surface area contributed by atoms with Gasteiger partial charge in [-0.25, -0.2) is 5.06 Å². The smallest absolute Gasteiger partial charge is 0.248 e. The van der Waals surface area contributed by atoms with Crippen molar-refractivity contribution in [2.24, 2.45) is 0 Å². The predicted molar refractivity (Wildman–Crippen MR) is 31.5 cm³/mol. The fourth-order valence-electron chi connectivity index (χ4n) is 0.355. The molecule has 0 fully saturated rings. The van der Waals surface area contributed by atoms with E-state index in [1.807, 2.05) is 0 Å².